The monoisotopic (exact) mass is 378 g/mol. The number of anilines is 1. The van der Waals surface area contributed by atoms with Crippen molar-refractivity contribution in [1.82, 2.24) is 25.3 Å². The molecular formula is C18H27ClN6O. The topological polar surface area (TPSA) is 70.3 Å². The molecule has 2 aliphatic heterocycles. The first-order valence-corrected chi connectivity index (χ1v) is 9.27. The zero-order valence-corrected chi connectivity index (χ0v) is 16.0. The average Bonchev–Trinajstić information content (AvgIpc) is 2.97. The second kappa shape index (κ2) is 8.79. The molecule has 4 heterocycles. The first-order chi connectivity index (χ1) is 12.3. The fourth-order valence-electron chi connectivity index (χ4n) is 3.58. The molecule has 0 bridgehead atoms. The van der Waals surface area contributed by atoms with Crippen LogP contribution in [-0.2, 0) is 0 Å². The summed E-state index contributed by atoms with van der Waals surface area (Å²) >= 11 is 0. The van der Waals surface area contributed by atoms with E-state index >= 15 is 0 Å². The Morgan fingerprint density at radius 3 is 2.62 bits per heavy atom. The van der Waals surface area contributed by atoms with Crippen molar-refractivity contribution in [3.63, 3.8) is 0 Å². The summed E-state index contributed by atoms with van der Waals surface area (Å²) in [6, 6.07) is 4.27. The summed E-state index contributed by atoms with van der Waals surface area (Å²) in [6.07, 6.45) is 6.99. The number of pyridine rings is 1. The van der Waals surface area contributed by atoms with E-state index in [4.69, 9.17) is 4.52 Å². The fourth-order valence-corrected chi connectivity index (χ4v) is 3.58. The molecule has 2 aliphatic rings. The molecule has 7 nitrogen and oxygen atoms in total. The lowest BCUT2D eigenvalue weighted by atomic mass is 10.2. The largest absolute Gasteiger partial charge is 0.357 e. The second-order valence-electron chi connectivity index (χ2n) is 6.96. The van der Waals surface area contributed by atoms with Gasteiger partial charge in [-0.25, -0.2) is 4.98 Å². The van der Waals surface area contributed by atoms with Crippen molar-refractivity contribution in [1.29, 1.82) is 0 Å². The van der Waals surface area contributed by atoms with Gasteiger partial charge in [-0.2, -0.15) is 4.98 Å². The highest BCUT2D eigenvalue weighted by Gasteiger charge is 2.25. The summed E-state index contributed by atoms with van der Waals surface area (Å²) in [6.45, 7) is 5.03. The third kappa shape index (κ3) is 4.16. The van der Waals surface area contributed by atoms with Crippen molar-refractivity contribution in [2.45, 2.75) is 31.7 Å². The maximum atomic E-state index is 5.49. The Morgan fingerprint density at radius 1 is 1.12 bits per heavy atom. The number of halogens is 1. The molecule has 0 spiro atoms. The molecule has 0 amide bonds. The van der Waals surface area contributed by atoms with Crippen molar-refractivity contribution < 1.29 is 4.52 Å². The van der Waals surface area contributed by atoms with Crippen LogP contribution in [0.15, 0.2) is 22.9 Å². The SMILES string of the molecule is CN1CCNCC1c1noc(-c2ccc(N3CCCCCC3)nc2)n1.Cl. The lowest BCUT2D eigenvalue weighted by Crippen LogP contribution is -2.44. The Bertz CT molecular complexity index is 683. The lowest BCUT2D eigenvalue weighted by Gasteiger charge is -2.30. The molecular weight excluding hydrogens is 352 g/mol. The quantitative estimate of drug-likeness (QED) is 0.879. The highest BCUT2D eigenvalue weighted by molar-refractivity contribution is 5.85. The van der Waals surface area contributed by atoms with E-state index in [1.807, 2.05) is 12.3 Å². The smallest absolute Gasteiger partial charge is 0.259 e. The van der Waals surface area contributed by atoms with Crippen LogP contribution in [-0.4, -0.2) is 59.8 Å². The maximum absolute atomic E-state index is 5.49. The first kappa shape index (κ1) is 19.1. The third-order valence-electron chi connectivity index (χ3n) is 5.18. The van der Waals surface area contributed by atoms with Crippen LogP contribution in [0.25, 0.3) is 11.5 Å². The van der Waals surface area contributed by atoms with Gasteiger partial charge in [0.2, 0.25) is 0 Å². The van der Waals surface area contributed by atoms with Gasteiger partial charge in [0.25, 0.3) is 5.89 Å². The molecule has 4 rings (SSSR count). The van der Waals surface area contributed by atoms with Crippen LogP contribution in [0.2, 0.25) is 0 Å². The zero-order valence-electron chi connectivity index (χ0n) is 15.2. The Hall–Kier alpha value is -1.70. The number of hydrogen-bond donors (Lipinski definition) is 1. The van der Waals surface area contributed by atoms with E-state index in [0.717, 1.165) is 49.9 Å². The summed E-state index contributed by atoms with van der Waals surface area (Å²) < 4.78 is 5.49. The summed E-state index contributed by atoms with van der Waals surface area (Å²) in [7, 11) is 2.10. The van der Waals surface area contributed by atoms with Gasteiger partial charge in [-0.05, 0) is 32.0 Å². The molecule has 2 aromatic rings. The van der Waals surface area contributed by atoms with Crippen molar-refractivity contribution in [3.05, 3.63) is 24.2 Å². The van der Waals surface area contributed by atoms with Gasteiger partial charge in [0.15, 0.2) is 5.82 Å². The van der Waals surface area contributed by atoms with Crippen molar-refractivity contribution in [3.8, 4) is 11.5 Å². The summed E-state index contributed by atoms with van der Waals surface area (Å²) in [5.41, 5.74) is 0.878. The Labute approximate surface area is 160 Å². The minimum Gasteiger partial charge on any atom is -0.357 e. The molecule has 2 saturated heterocycles. The summed E-state index contributed by atoms with van der Waals surface area (Å²) in [4.78, 5) is 13.9. The number of nitrogens with one attached hydrogen (secondary N) is 1. The predicted octanol–water partition coefficient (Wildman–Crippen LogP) is 2.51. The van der Waals surface area contributed by atoms with E-state index in [1.54, 1.807) is 0 Å². The third-order valence-corrected chi connectivity index (χ3v) is 5.18. The molecule has 0 saturated carbocycles. The number of nitrogens with zero attached hydrogens (tertiary/aromatic N) is 5. The minimum atomic E-state index is 0. The van der Waals surface area contributed by atoms with E-state index in [9.17, 15) is 0 Å². The zero-order chi connectivity index (χ0) is 17.1. The van der Waals surface area contributed by atoms with Crippen LogP contribution in [0.1, 0.15) is 37.5 Å². The molecule has 1 unspecified atom stereocenters. The molecule has 2 aromatic heterocycles. The molecule has 8 heteroatoms. The van der Waals surface area contributed by atoms with E-state index < -0.39 is 0 Å². The average molecular weight is 379 g/mol. The molecule has 26 heavy (non-hydrogen) atoms. The molecule has 0 aromatic carbocycles. The number of likely N-dealkylation sites (N-methyl/N-ethyl adjacent to an activating group) is 1. The van der Waals surface area contributed by atoms with E-state index in [0.29, 0.717) is 5.89 Å². The van der Waals surface area contributed by atoms with Crippen LogP contribution >= 0.6 is 12.4 Å². The van der Waals surface area contributed by atoms with E-state index in [1.165, 1.54) is 25.7 Å². The minimum absolute atomic E-state index is 0. The van der Waals surface area contributed by atoms with Gasteiger partial charge in [-0.3, -0.25) is 4.90 Å². The number of rotatable bonds is 3. The van der Waals surface area contributed by atoms with Crippen LogP contribution in [0.3, 0.4) is 0 Å². The van der Waals surface area contributed by atoms with Crippen molar-refractivity contribution in [2.75, 3.05) is 44.7 Å². The van der Waals surface area contributed by atoms with Gasteiger partial charge in [-0.1, -0.05) is 18.0 Å². The van der Waals surface area contributed by atoms with Crippen LogP contribution in [0.5, 0.6) is 0 Å². The normalized spacial score (nSPS) is 21.9. The number of hydrogen-bond acceptors (Lipinski definition) is 7. The van der Waals surface area contributed by atoms with Gasteiger partial charge in [-0.15, -0.1) is 12.4 Å². The van der Waals surface area contributed by atoms with Gasteiger partial charge in [0.1, 0.15) is 5.82 Å². The molecule has 2 fully saturated rings. The van der Waals surface area contributed by atoms with Crippen molar-refractivity contribution >= 4 is 18.2 Å². The highest BCUT2D eigenvalue weighted by Crippen LogP contribution is 2.24. The fraction of sp³-hybridized carbons (Fsp3) is 0.611. The van der Waals surface area contributed by atoms with Crippen LogP contribution < -0.4 is 10.2 Å². The highest BCUT2D eigenvalue weighted by atomic mass is 35.5. The number of aromatic nitrogens is 3. The lowest BCUT2D eigenvalue weighted by molar-refractivity contribution is 0.190. The van der Waals surface area contributed by atoms with E-state index in [2.05, 4.69) is 43.4 Å². The Balaban J connectivity index is 0.00000196. The first-order valence-electron chi connectivity index (χ1n) is 9.27. The molecule has 142 valence electrons. The van der Waals surface area contributed by atoms with Gasteiger partial charge >= 0.3 is 0 Å². The number of piperazine rings is 1. The van der Waals surface area contributed by atoms with Gasteiger partial charge in [0.05, 0.1) is 11.6 Å². The molecule has 1 N–H and O–H groups in total. The molecule has 1 atom stereocenters. The summed E-state index contributed by atoms with van der Waals surface area (Å²) in [5.74, 6) is 2.33. The second-order valence-corrected chi connectivity index (χ2v) is 6.96. The Kier molecular flexibility index (Phi) is 6.45. The summed E-state index contributed by atoms with van der Waals surface area (Å²) in [5, 5.41) is 7.57. The van der Waals surface area contributed by atoms with Crippen LogP contribution in [0.4, 0.5) is 5.82 Å². The Morgan fingerprint density at radius 2 is 1.92 bits per heavy atom. The maximum Gasteiger partial charge on any atom is 0.259 e. The van der Waals surface area contributed by atoms with Gasteiger partial charge in [0, 0.05) is 38.9 Å². The standard InChI is InChI=1S/C18H26N6O.ClH/c1-23-11-8-19-13-15(23)17-21-18(25-22-17)14-6-7-16(20-12-14)24-9-4-2-3-5-10-24;/h6-7,12,15,19H,2-5,8-11,13H2,1H3;1H. The van der Waals surface area contributed by atoms with Crippen molar-refractivity contribution in [2.24, 2.45) is 0 Å². The molecule has 0 aliphatic carbocycles. The van der Waals surface area contributed by atoms with Crippen LogP contribution in [0, 0.1) is 0 Å². The van der Waals surface area contributed by atoms with Gasteiger partial charge < -0.3 is 14.7 Å². The molecule has 0 radical (unpaired) electrons. The predicted molar refractivity (Wildman–Crippen MR) is 104 cm³/mol. The van der Waals surface area contributed by atoms with E-state index in [-0.39, 0.29) is 18.4 Å².